The summed E-state index contributed by atoms with van der Waals surface area (Å²) >= 11 is 0. The molecule has 1 saturated heterocycles. The lowest BCUT2D eigenvalue weighted by Crippen LogP contribution is -2.50. The number of carbonyl (C=O) groups is 1. The maximum absolute atomic E-state index is 13.8. The highest BCUT2D eigenvalue weighted by molar-refractivity contribution is 5.86. The number of fused-ring (bicyclic) bond motifs is 1. The van der Waals surface area contributed by atoms with Gasteiger partial charge in [-0.2, -0.15) is 13.2 Å². The maximum atomic E-state index is 13.8. The molecule has 0 radical (unpaired) electrons. The summed E-state index contributed by atoms with van der Waals surface area (Å²) in [5.74, 6) is 0.535. The highest BCUT2D eigenvalue weighted by Crippen LogP contribution is 2.43. The van der Waals surface area contributed by atoms with Crippen LogP contribution in [0.2, 0.25) is 0 Å². The number of benzene rings is 1. The Morgan fingerprint density at radius 1 is 1.28 bits per heavy atom. The van der Waals surface area contributed by atoms with Gasteiger partial charge in [-0.05, 0) is 54.4 Å². The monoisotopic (exact) mass is 450 g/mol. The third-order valence-electron chi connectivity index (χ3n) is 7.51. The lowest BCUT2D eigenvalue weighted by Gasteiger charge is -2.40. The molecule has 3 aliphatic rings. The van der Waals surface area contributed by atoms with Crippen molar-refractivity contribution in [2.45, 2.75) is 64.8 Å². The molecule has 1 amide bonds. The zero-order chi connectivity index (χ0) is 23.1. The molecule has 0 spiro atoms. The first-order valence-corrected chi connectivity index (χ1v) is 11.6. The molecule has 4 nitrogen and oxygen atoms in total. The fraction of sp³-hybridized carbons (Fsp3) is 0.640. The van der Waals surface area contributed by atoms with E-state index in [-0.39, 0.29) is 24.4 Å². The van der Waals surface area contributed by atoms with Crippen LogP contribution in [0, 0.1) is 17.3 Å². The Kier molecular flexibility index (Phi) is 6.43. The van der Waals surface area contributed by atoms with Crippen LogP contribution in [0.4, 0.5) is 13.2 Å². The smallest absolute Gasteiger partial charge is 0.381 e. The number of halogens is 3. The summed E-state index contributed by atoms with van der Waals surface area (Å²) in [6.45, 7) is 8.55. The van der Waals surface area contributed by atoms with Gasteiger partial charge >= 0.3 is 6.18 Å². The van der Waals surface area contributed by atoms with Crippen molar-refractivity contribution in [3.63, 3.8) is 0 Å². The molecular weight excluding hydrogens is 417 g/mol. The zero-order valence-corrected chi connectivity index (χ0v) is 19.0. The summed E-state index contributed by atoms with van der Waals surface area (Å²) in [6.07, 6.45) is 1.99. The van der Waals surface area contributed by atoms with E-state index in [4.69, 9.17) is 4.74 Å². The van der Waals surface area contributed by atoms with Gasteiger partial charge in [-0.1, -0.05) is 39.0 Å². The molecule has 2 aliphatic heterocycles. The topological polar surface area (TPSA) is 41.6 Å². The third kappa shape index (κ3) is 4.46. The Labute approximate surface area is 188 Å². The zero-order valence-electron chi connectivity index (χ0n) is 19.0. The lowest BCUT2D eigenvalue weighted by atomic mass is 9.74. The van der Waals surface area contributed by atoms with Crippen LogP contribution in [0.3, 0.4) is 0 Å². The van der Waals surface area contributed by atoms with E-state index in [1.165, 1.54) is 6.07 Å². The van der Waals surface area contributed by atoms with Crippen molar-refractivity contribution in [1.82, 2.24) is 10.2 Å². The molecule has 0 bridgehead atoms. The average Bonchev–Trinajstić information content (AvgIpc) is 3.19. The van der Waals surface area contributed by atoms with E-state index in [0.717, 1.165) is 31.3 Å². The molecule has 2 heterocycles. The quantitative estimate of drug-likeness (QED) is 0.683. The number of carbonyl (C=O) groups excluding carboxylic acids is 1. The molecule has 7 heteroatoms. The van der Waals surface area contributed by atoms with E-state index < -0.39 is 17.2 Å². The van der Waals surface area contributed by atoms with Crippen molar-refractivity contribution in [1.29, 1.82) is 0 Å². The molecule has 4 rings (SSSR count). The van der Waals surface area contributed by atoms with E-state index in [2.05, 4.69) is 32.2 Å². The Bertz CT molecular complexity index is 882. The van der Waals surface area contributed by atoms with Crippen LogP contribution in [-0.4, -0.2) is 42.6 Å². The fourth-order valence-corrected chi connectivity index (χ4v) is 5.34. The number of nitrogens with one attached hydrogen (secondary N) is 1. The molecule has 0 saturated carbocycles. The summed E-state index contributed by atoms with van der Waals surface area (Å²) in [7, 11) is 0. The minimum absolute atomic E-state index is 0.0242. The van der Waals surface area contributed by atoms with Crippen LogP contribution >= 0.6 is 0 Å². The van der Waals surface area contributed by atoms with Gasteiger partial charge in [-0.25, -0.2) is 0 Å². The number of rotatable bonds is 4. The molecule has 32 heavy (non-hydrogen) atoms. The van der Waals surface area contributed by atoms with Crippen molar-refractivity contribution in [2.24, 2.45) is 17.3 Å². The van der Waals surface area contributed by atoms with Crippen LogP contribution in [0.15, 0.2) is 30.4 Å². The first-order chi connectivity index (χ1) is 15.1. The van der Waals surface area contributed by atoms with E-state index >= 15 is 0 Å². The molecule has 176 valence electrons. The van der Waals surface area contributed by atoms with Crippen LogP contribution in [0.5, 0.6) is 0 Å². The second-order valence-corrected chi connectivity index (χ2v) is 9.94. The largest absolute Gasteiger partial charge is 0.416 e. The SMILES string of the molecule is CC1COCCC1N[C@@H]1C=C[C@@](C(=O)N2CCc3ccc(C(F)(F)F)cc3C2)(C(C)C)C1. The third-order valence-corrected chi connectivity index (χ3v) is 7.51. The number of nitrogens with zero attached hydrogens (tertiary/aromatic N) is 1. The van der Waals surface area contributed by atoms with E-state index in [1.54, 1.807) is 11.0 Å². The molecule has 1 N–H and O–H groups in total. The summed E-state index contributed by atoms with van der Waals surface area (Å²) in [5, 5.41) is 3.71. The van der Waals surface area contributed by atoms with Crippen molar-refractivity contribution in [2.75, 3.05) is 19.8 Å². The van der Waals surface area contributed by atoms with Crippen molar-refractivity contribution in [3.05, 3.63) is 47.0 Å². The maximum Gasteiger partial charge on any atom is 0.416 e. The highest BCUT2D eigenvalue weighted by atomic mass is 19.4. The average molecular weight is 451 g/mol. The predicted molar refractivity (Wildman–Crippen MR) is 117 cm³/mol. The molecule has 4 atom stereocenters. The van der Waals surface area contributed by atoms with Gasteiger partial charge in [0.05, 0.1) is 17.6 Å². The Morgan fingerprint density at radius 2 is 2.06 bits per heavy atom. The van der Waals surface area contributed by atoms with Gasteiger partial charge in [0.25, 0.3) is 0 Å². The number of hydrogen-bond donors (Lipinski definition) is 1. The van der Waals surface area contributed by atoms with Gasteiger partial charge in [0.15, 0.2) is 0 Å². The highest BCUT2D eigenvalue weighted by Gasteiger charge is 2.47. The first-order valence-electron chi connectivity index (χ1n) is 11.6. The lowest BCUT2D eigenvalue weighted by molar-refractivity contribution is -0.143. The van der Waals surface area contributed by atoms with Crippen LogP contribution in [0.25, 0.3) is 0 Å². The Hall–Kier alpha value is -1.86. The summed E-state index contributed by atoms with van der Waals surface area (Å²) in [4.78, 5) is 15.5. The van der Waals surface area contributed by atoms with E-state index in [9.17, 15) is 18.0 Å². The van der Waals surface area contributed by atoms with Gasteiger partial charge in [0, 0.05) is 31.8 Å². The summed E-state index contributed by atoms with van der Waals surface area (Å²) in [5.41, 5.74) is 0.215. The number of hydrogen-bond acceptors (Lipinski definition) is 3. The normalized spacial score (nSPS) is 30.6. The van der Waals surface area contributed by atoms with Gasteiger partial charge in [-0.3, -0.25) is 4.79 Å². The van der Waals surface area contributed by atoms with Crippen molar-refractivity contribution in [3.8, 4) is 0 Å². The number of ether oxygens (including phenoxy) is 1. The minimum atomic E-state index is -4.38. The van der Waals surface area contributed by atoms with Crippen LogP contribution in [-0.2, 0) is 28.7 Å². The van der Waals surface area contributed by atoms with Gasteiger partial charge in [0.2, 0.25) is 5.91 Å². The van der Waals surface area contributed by atoms with Crippen LogP contribution in [0.1, 0.15) is 50.3 Å². The summed E-state index contributed by atoms with van der Waals surface area (Å²) < 4.78 is 45.1. The van der Waals surface area contributed by atoms with Crippen LogP contribution < -0.4 is 5.32 Å². The van der Waals surface area contributed by atoms with Crippen molar-refractivity contribution >= 4 is 5.91 Å². The molecule has 1 aromatic carbocycles. The second-order valence-electron chi connectivity index (χ2n) is 9.94. The molecular formula is C25H33F3N2O2. The fourth-order valence-electron chi connectivity index (χ4n) is 5.34. The first kappa shape index (κ1) is 23.3. The number of amides is 1. The Morgan fingerprint density at radius 3 is 2.75 bits per heavy atom. The van der Waals surface area contributed by atoms with Gasteiger partial charge < -0.3 is 15.0 Å². The summed E-state index contributed by atoms with van der Waals surface area (Å²) in [6, 6.07) is 4.37. The molecule has 0 aromatic heterocycles. The number of alkyl halides is 3. The van der Waals surface area contributed by atoms with E-state index in [0.29, 0.717) is 36.9 Å². The molecule has 1 fully saturated rings. The van der Waals surface area contributed by atoms with Crippen molar-refractivity contribution < 1.29 is 22.7 Å². The Balaban J connectivity index is 1.49. The molecule has 1 aromatic rings. The molecule has 1 aliphatic carbocycles. The second kappa shape index (κ2) is 8.82. The molecule has 2 unspecified atom stereocenters. The standard InChI is InChI=1S/C25H33F3N2O2/c1-16(2)24(9-6-21(13-24)29-22-8-11-32-15-17(22)3)23(31)30-10-7-18-4-5-20(25(26,27)28)12-19(18)14-30/h4-6,9,12,16-17,21-22,29H,7-8,10-11,13-15H2,1-3H3/t17?,21-,22?,24+/m1/s1. The van der Waals surface area contributed by atoms with E-state index in [1.807, 2.05) is 6.08 Å². The van der Waals surface area contributed by atoms with Gasteiger partial charge in [0.1, 0.15) is 0 Å². The predicted octanol–water partition coefficient (Wildman–Crippen LogP) is 4.58. The minimum Gasteiger partial charge on any atom is -0.381 e. The van der Waals surface area contributed by atoms with Gasteiger partial charge in [-0.15, -0.1) is 0 Å².